The van der Waals surface area contributed by atoms with E-state index in [1.54, 1.807) is 0 Å². The highest BCUT2D eigenvalue weighted by Crippen LogP contribution is 2.06. The largest absolute Gasteiger partial charge is 0.399 e. The molecular weight excluding hydrogens is 184 g/mol. The lowest BCUT2D eigenvalue weighted by Gasteiger charge is -2.04. The van der Waals surface area contributed by atoms with Gasteiger partial charge in [0.15, 0.2) is 0 Å². The number of rotatable bonds is 2. The highest BCUT2D eigenvalue weighted by atomic mass is 14.6. The van der Waals surface area contributed by atoms with E-state index in [1.165, 1.54) is 5.56 Å². The molecule has 1 aromatic carbocycles. The molecule has 0 aromatic heterocycles. The van der Waals surface area contributed by atoms with Crippen LogP contribution in [0.1, 0.15) is 40.2 Å². The number of benzene rings is 1. The Labute approximate surface area is 94.7 Å². The summed E-state index contributed by atoms with van der Waals surface area (Å²) < 4.78 is 0. The molecule has 0 radical (unpaired) electrons. The summed E-state index contributed by atoms with van der Waals surface area (Å²) in [6.07, 6.45) is 0.917. The Kier molecular flexibility index (Phi) is 12.1. The minimum absolute atomic E-state index is 0.221. The monoisotopic (exact) mass is 210 g/mol. The van der Waals surface area contributed by atoms with Gasteiger partial charge in [-0.05, 0) is 31.0 Å². The molecule has 0 saturated heterocycles. The van der Waals surface area contributed by atoms with E-state index in [-0.39, 0.29) is 6.04 Å². The standard InChI is InChI=1S/C9H14N2.2C2H6/c1-7(10)6-8-2-4-9(11)5-3-8;2*1-2/h2-5,7H,6,10-11H2,1H3;2*1-2H3/t7-;;/m0../s1. The zero-order valence-corrected chi connectivity index (χ0v) is 10.7. The summed E-state index contributed by atoms with van der Waals surface area (Å²) in [6.45, 7) is 10.00. The molecule has 0 amide bonds. The van der Waals surface area contributed by atoms with Gasteiger partial charge in [0.05, 0.1) is 0 Å². The Morgan fingerprint density at radius 3 is 1.73 bits per heavy atom. The van der Waals surface area contributed by atoms with Crippen LogP contribution in [0.25, 0.3) is 0 Å². The molecule has 0 aliphatic heterocycles. The van der Waals surface area contributed by atoms with Gasteiger partial charge in [0.25, 0.3) is 0 Å². The number of hydrogen-bond donors (Lipinski definition) is 2. The molecule has 0 spiro atoms. The molecular formula is C13H26N2. The molecule has 0 aliphatic carbocycles. The van der Waals surface area contributed by atoms with Crippen LogP contribution >= 0.6 is 0 Å². The van der Waals surface area contributed by atoms with E-state index in [2.05, 4.69) is 0 Å². The van der Waals surface area contributed by atoms with E-state index in [9.17, 15) is 0 Å². The van der Waals surface area contributed by atoms with Crippen LogP contribution in [-0.2, 0) is 6.42 Å². The molecule has 1 rings (SSSR count). The van der Waals surface area contributed by atoms with Gasteiger partial charge in [-0.3, -0.25) is 0 Å². The second-order valence-corrected chi connectivity index (χ2v) is 2.92. The minimum Gasteiger partial charge on any atom is -0.399 e. The Bertz CT molecular complexity index is 214. The SMILES string of the molecule is CC.CC.C[C@H](N)Cc1ccc(N)cc1. The normalized spacial score (nSPS) is 10.3. The zero-order valence-electron chi connectivity index (χ0n) is 10.7. The van der Waals surface area contributed by atoms with Gasteiger partial charge in [0.1, 0.15) is 0 Å². The van der Waals surface area contributed by atoms with Gasteiger partial charge in [0, 0.05) is 11.7 Å². The molecule has 4 N–H and O–H groups in total. The Morgan fingerprint density at radius 2 is 1.40 bits per heavy atom. The summed E-state index contributed by atoms with van der Waals surface area (Å²) in [6, 6.07) is 8.05. The van der Waals surface area contributed by atoms with Crippen molar-refractivity contribution in [3.63, 3.8) is 0 Å². The zero-order chi connectivity index (χ0) is 12.3. The van der Waals surface area contributed by atoms with Crippen molar-refractivity contribution in [2.45, 2.75) is 47.1 Å². The van der Waals surface area contributed by atoms with E-state index >= 15 is 0 Å². The van der Waals surface area contributed by atoms with Crippen LogP contribution in [0.15, 0.2) is 24.3 Å². The predicted octanol–water partition coefficient (Wildman–Crippen LogP) is 3.21. The second kappa shape index (κ2) is 11.1. The van der Waals surface area contributed by atoms with E-state index in [1.807, 2.05) is 58.9 Å². The summed E-state index contributed by atoms with van der Waals surface area (Å²) in [7, 11) is 0. The number of nitrogens with two attached hydrogens (primary N) is 2. The Hall–Kier alpha value is -1.02. The van der Waals surface area contributed by atoms with Crippen molar-refractivity contribution in [3.8, 4) is 0 Å². The first-order chi connectivity index (χ1) is 7.18. The number of hydrogen-bond acceptors (Lipinski definition) is 2. The Balaban J connectivity index is 0. The third kappa shape index (κ3) is 9.29. The summed E-state index contributed by atoms with van der Waals surface area (Å²) in [5.41, 5.74) is 13.2. The predicted molar refractivity (Wildman–Crippen MR) is 70.9 cm³/mol. The molecule has 0 fully saturated rings. The van der Waals surface area contributed by atoms with Crippen LogP contribution in [-0.4, -0.2) is 6.04 Å². The molecule has 2 nitrogen and oxygen atoms in total. The maximum atomic E-state index is 5.63. The van der Waals surface area contributed by atoms with Crippen molar-refractivity contribution in [1.29, 1.82) is 0 Å². The first-order valence-electron chi connectivity index (χ1n) is 5.78. The van der Waals surface area contributed by atoms with Gasteiger partial charge < -0.3 is 11.5 Å². The van der Waals surface area contributed by atoms with Crippen LogP contribution in [0.5, 0.6) is 0 Å². The quantitative estimate of drug-likeness (QED) is 0.736. The first-order valence-corrected chi connectivity index (χ1v) is 5.78. The lowest BCUT2D eigenvalue weighted by Crippen LogP contribution is -2.17. The van der Waals surface area contributed by atoms with Crippen LogP contribution in [0.3, 0.4) is 0 Å². The number of nitrogen functional groups attached to an aromatic ring is 1. The van der Waals surface area contributed by atoms with Gasteiger partial charge in [-0.15, -0.1) is 0 Å². The molecule has 0 aliphatic rings. The molecule has 2 heteroatoms. The minimum atomic E-state index is 0.221. The Morgan fingerprint density at radius 1 is 1.00 bits per heavy atom. The van der Waals surface area contributed by atoms with Gasteiger partial charge >= 0.3 is 0 Å². The maximum Gasteiger partial charge on any atom is 0.0314 e. The van der Waals surface area contributed by atoms with E-state index in [4.69, 9.17) is 11.5 Å². The lowest BCUT2D eigenvalue weighted by atomic mass is 10.1. The van der Waals surface area contributed by atoms with Gasteiger partial charge in [-0.25, -0.2) is 0 Å². The average molecular weight is 210 g/mol. The number of anilines is 1. The van der Waals surface area contributed by atoms with E-state index in [0.717, 1.165) is 12.1 Å². The van der Waals surface area contributed by atoms with E-state index in [0.29, 0.717) is 0 Å². The van der Waals surface area contributed by atoms with Crippen molar-refractivity contribution in [1.82, 2.24) is 0 Å². The van der Waals surface area contributed by atoms with Crippen LogP contribution in [0.4, 0.5) is 5.69 Å². The fraction of sp³-hybridized carbons (Fsp3) is 0.538. The third-order valence-electron chi connectivity index (χ3n) is 1.54. The van der Waals surface area contributed by atoms with Gasteiger partial charge in [0.2, 0.25) is 0 Å². The molecule has 15 heavy (non-hydrogen) atoms. The molecule has 0 unspecified atom stereocenters. The van der Waals surface area contributed by atoms with E-state index < -0.39 is 0 Å². The first kappa shape index (κ1) is 16.4. The highest BCUT2D eigenvalue weighted by molar-refractivity contribution is 5.39. The molecule has 1 atom stereocenters. The summed E-state index contributed by atoms with van der Waals surface area (Å²) >= 11 is 0. The molecule has 1 aromatic rings. The summed E-state index contributed by atoms with van der Waals surface area (Å²) in [4.78, 5) is 0. The highest BCUT2D eigenvalue weighted by Gasteiger charge is 1.95. The third-order valence-corrected chi connectivity index (χ3v) is 1.54. The average Bonchev–Trinajstić information content (AvgIpc) is 2.27. The molecule has 0 heterocycles. The fourth-order valence-corrected chi connectivity index (χ4v) is 1.03. The van der Waals surface area contributed by atoms with Crippen molar-refractivity contribution >= 4 is 5.69 Å². The second-order valence-electron chi connectivity index (χ2n) is 2.92. The molecule has 88 valence electrons. The van der Waals surface area contributed by atoms with Gasteiger partial charge in [-0.2, -0.15) is 0 Å². The fourth-order valence-electron chi connectivity index (χ4n) is 1.03. The van der Waals surface area contributed by atoms with Crippen LogP contribution in [0.2, 0.25) is 0 Å². The van der Waals surface area contributed by atoms with Crippen molar-refractivity contribution < 1.29 is 0 Å². The lowest BCUT2D eigenvalue weighted by molar-refractivity contribution is 0.738. The van der Waals surface area contributed by atoms with Crippen molar-refractivity contribution in [2.24, 2.45) is 5.73 Å². The van der Waals surface area contributed by atoms with Crippen molar-refractivity contribution in [2.75, 3.05) is 5.73 Å². The van der Waals surface area contributed by atoms with Crippen LogP contribution < -0.4 is 11.5 Å². The van der Waals surface area contributed by atoms with Gasteiger partial charge in [-0.1, -0.05) is 39.8 Å². The van der Waals surface area contributed by atoms with Crippen LogP contribution in [0, 0.1) is 0 Å². The molecule has 0 saturated carbocycles. The maximum absolute atomic E-state index is 5.63. The van der Waals surface area contributed by atoms with Crippen molar-refractivity contribution in [3.05, 3.63) is 29.8 Å². The topological polar surface area (TPSA) is 52.0 Å². The smallest absolute Gasteiger partial charge is 0.0314 e. The molecule has 0 bridgehead atoms. The summed E-state index contributed by atoms with van der Waals surface area (Å²) in [5.74, 6) is 0. The summed E-state index contributed by atoms with van der Waals surface area (Å²) in [5, 5.41) is 0.